The summed E-state index contributed by atoms with van der Waals surface area (Å²) in [6.07, 6.45) is 1.45. The van der Waals surface area contributed by atoms with Crippen molar-refractivity contribution in [2.45, 2.75) is 20.4 Å². The van der Waals surface area contributed by atoms with Crippen LogP contribution in [0.4, 0.5) is 5.69 Å². The Morgan fingerprint density at radius 2 is 1.91 bits per heavy atom. The van der Waals surface area contributed by atoms with Gasteiger partial charge in [-0.3, -0.25) is 4.79 Å². The number of hydrogen-bond acceptors (Lipinski definition) is 3. The van der Waals surface area contributed by atoms with Crippen LogP contribution in [0.25, 0.3) is 0 Å². The Kier molecular flexibility index (Phi) is 5.54. The molecule has 1 amide bonds. The third-order valence-electron chi connectivity index (χ3n) is 3.43. The number of nitrogens with one attached hydrogen (secondary N) is 2. The largest absolute Gasteiger partial charge is 0.360 e. The molecule has 0 atom stereocenters. The average molecular weight is 305 g/mol. The number of hydrogen-bond donors (Lipinski definition) is 2. The lowest BCUT2D eigenvalue weighted by molar-refractivity contribution is -0.117. The van der Waals surface area contributed by atoms with Crippen molar-refractivity contribution in [1.29, 1.82) is 5.26 Å². The van der Waals surface area contributed by atoms with E-state index >= 15 is 0 Å². The van der Waals surface area contributed by atoms with Gasteiger partial charge in [-0.15, -0.1) is 0 Å². The van der Waals surface area contributed by atoms with Gasteiger partial charge in [-0.1, -0.05) is 42.5 Å². The SMILES string of the molecule is Cc1ccc(C)c(N/C=C(/C#N)C(=O)NCc2ccccc2)c1. The van der Waals surface area contributed by atoms with Crippen LogP contribution < -0.4 is 10.6 Å². The fraction of sp³-hybridized carbons (Fsp3) is 0.158. The minimum atomic E-state index is -0.394. The maximum absolute atomic E-state index is 12.1. The lowest BCUT2D eigenvalue weighted by atomic mass is 10.1. The van der Waals surface area contributed by atoms with Crippen LogP contribution >= 0.6 is 0 Å². The topological polar surface area (TPSA) is 64.9 Å². The summed E-state index contributed by atoms with van der Waals surface area (Å²) in [5, 5.41) is 15.0. The predicted molar refractivity (Wildman–Crippen MR) is 91.5 cm³/mol. The molecule has 0 saturated carbocycles. The maximum Gasteiger partial charge on any atom is 0.263 e. The van der Waals surface area contributed by atoms with Gasteiger partial charge in [0.1, 0.15) is 11.6 Å². The van der Waals surface area contributed by atoms with E-state index in [4.69, 9.17) is 0 Å². The standard InChI is InChI=1S/C19H19N3O/c1-14-8-9-15(2)18(10-14)21-13-17(11-20)19(23)22-12-16-6-4-3-5-7-16/h3-10,13,21H,12H2,1-2H3,(H,22,23)/b17-13-. The van der Waals surface area contributed by atoms with Crippen molar-refractivity contribution in [2.24, 2.45) is 0 Å². The molecule has 4 heteroatoms. The smallest absolute Gasteiger partial charge is 0.263 e. The summed E-state index contributed by atoms with van der Waals surface area (Å²) >= 11 is 0. The molecule has 0 aromatic heterocycles. The van der Waals surface area contributed by atoms with E-state index in [1.54, 1.807) is 0 Å². The number of benzene rings is 2. The Balaban J connectivity index is 2.02. The third kappa shape index (κ3) is 4.72. The summed E-state index contributed by atoms with van der Waals surface area (Å²) in [5.41, 5.74) is 4.07. The molecule has 0 aliphatic heterocycles. The van der Waals surface area contributed by atoms with E-state index < -0.39 is 5.91 Å². The van der Waals surface area contributed by atoms with Crippen molar-refractivity contribution in [1.82, 2.24) is 5.32 Å². The van der Waals surface area contributed by atoms with E-state index in [1.807, 2.05) is 68.4 Å². The van der Waals surface area contributed by atoms with Crippen molar-refractivity contribution >= 4 is 11.6 Å². The molecule has 0 aliphatic carbocycles. The molecule has 4 nitrogen and oxygen atoms in total. The van der Waals surface area contributed by atoms with Crippen molar-refractivity contribution in [2.75, 3.05) is 5.32 Å². The summed E-state index contributed by atoms with van der Waals surface area (Å²) in [6, 6.07) is 17.5. The molecule has 0 heterocycles. The predicted octanol–water partition coefficient (Wildman–Crippen LogP) is 3.44. The van der Waals surface area contributed by atoms with Crippen LogP contribution in [0.15, 0.2) is 60.3 Å². The number of nitrogens with zero attached hydrogens (tertiary/aromatic N) is 1. The lowest BCUT2D eigenvalue weighted by Crippen LogP contribution is -2.24. The highest BCUT2D eigenvalue weighted by Crippen LogP contribution is 2.16. The highest BCUT2D eigenvalue weighted by atomic mass is 16.1. The molecule has 2 N–H and O–H groups in total. The number of nitriles is 1. The quantitative estimate of drug-likeness (QED) is 0.657. The van der Waals surface area contributed by atoms with Crippen LogP contribution in [0.2, 0.25) is 0 Å². The number of rotatable bonds is 5. The van der Waals surface area contributed by atoms with Crippen LogP contribution in [0.1, 0.15) is 16.7 Å². The zero-order valence-electron chi connectivity index (χ0n) is 13.3. The van der Waals surface area contributed by atoms with Gasteiger partial charge < -0.3 is 10.6 Å². The van der Waals surface area contributed by atoms with Gasteiger partial charge in [-0.2, -0.15) is 5.26 Å². The highest BCUT2D eigenvalue weighted by Gasteiger charge is 2.08. The summed E-state index contributed by atoms with van der Waals surface area (Å²) in [6.45, 7) is 4.35. The van der Waals surface area contributed by atoms with E-state index in [1.165, 1.54) is 6.20 Å². The molecule has 2 aromatic carbocycles. The highest BCUT2D eigenvalue weighted by molar-refractivity contribution is 5.97. The molecule has 116 valence electrons. The van der Waals surface area contributed by atoms with Crippen LogP contribution in [-0.4, -0.2) is 5.91 Å². The van der Waals surface area contributed by atoms with Gasteiger partial charge in [-0.05, 0) is 36.6 Å². The fourth-order valence-corrected chi connectivity index (χ4v) is 2.06. The zero-order valence-corrected chi connectivity index (χ0v) is 13.3. The molecule has 0 aliphatic rings. The minimum Gasteiger partial charge on any atom is -0.360 e. The molecule has 0 radical (unpaired) electrons. The number of aryl methyl sites for hydroxylation is 2. The second-order valence-electron chi connectivity index (χ2n) is 5.30. The first-order valence-electron chi connectivity index (χ1n) is 7.36. The van der Waals surface area contributed by atoms with E-state index in [2.05, 4.69) is 10.6 Å². The van der Waals surface area contributed by atoms with Crippen molar-refractivity contribution in [3.05, 3.63) is 77.0 Å². The Bertz CT molecular complexity index is 758. The van der Waals surface area contributed by atoms with E-state index in [0.29, 0.717) is 6.54 Å². The maximum atomic E-state index is 12.1. The molecule has 0 unspecified atom stereocenters. The molecule has 2 aromatic rings. The molecular weight excluding hydrogens is 286 g/mol. The van der Waals surface area contributed by atoms with Crippen molar-refractivity contribution in [3.63, 3.8) is 0 Å². The van der Waals surface area contributed by atoms with Gasteiger partial charge in [0.2, 0.25) is 0 Å². The normalized spacial score (nSPS) is 10.7. The Labute approximate surface area is 136 Å². The van der Waals surface area contributed by atoms with E-state index in [-0.39, 0.29) is 5.57 Å². The fourth-order valence-electron chi connectivity index (χ4n) is 2.06. The van der Waals surface area contributed by atoms with Gasteiger partial charge in [-0.25, -0.2) is 0 Å². The first kappa shape index (κ1) is 16.3. The first-order chi connectivity index (χ1) is 11.1. The number of amides is 1. The Morgan fingerprint density at radius 1 is 1.17 bits per heavy atom. The monoisotopic (exact) mass is 305 g/mol. The van der Waals surface area contributed by atoms with Crippen LogP contribution in [0.3, 0.4) is 0 Å². The first-order valence-corrected chi connectivity index (χ1v) is 7.36. The van der Waals surface area contributed by atoms with Crippen LogP contribution in [0.5, 0.6) is 0 Å². The number of carbonyl (C=O) groups excluding carboxylic acids is 1. The van der Waals surface area contributed by atoms with Gasteiger partial charge in [0.25, 0.3) is 5.91 Å². The molecule has 0 spiro atoms. The average Bonchev–Trinajstić information content (AvgIpc) is 2.57. The summed E-state index contributed by atoms with van der Waals surface area (Å²) in [7, 11) is 0. The van der Waals surface area contributed by atoms with Gasteiger partial charge in [0.05, 0.1) is 0 Å². The van der Waals surface area contributed by atoms with Crippen molar-refractivity contribution in [3.8, 4) is 6.07 Å². The summed E-state index contributed by atoms with van der Waals surface area (Å²) < 4.78 is 0. The van der Waals surface area contributed by atoms with Gasteiger partial charge in [0, 0.05) is 18.4 Å². The van der Waals surface area contributed by atoms with Gasteiger partial charge >= 0.3 is 0 Å². The lowest BCUT2D eigenvalue weighted by Gasteiger charge is -2.08. The number of anilines is 1. The number of carbonyl (C=O) groups is 1. The molecule has 2 rings (SSSR count). The van der Waals surface area contributed by atoms with Crippen molar-refractivity contribution < 1.29 is 4.79 Å². The third-order valence-corrected chi connectivity index (χ3v) is 3.43. The molecule has 23 heavy (non-hydrogen) atoms. The zero-order chi connectivity index (χ0) is 16.7. The van der Waals surface area contributed by atoms with Crippen LogP contribution in [-0.2, 0) is 11.3 Å². The second-order valence-corrected chi connectivity index (χ2v) is 5.30. The molecule has 0 fully saturated rings. The molecular formula is C19H19N3O. The summed E-state index contributed by atoms with van der Waals surface area (Å²) in [4.78, 5) is 12.1. The molecule has 0 bridgehead atoms. The Morgan fingerprint density at radius 3 is 2.61 bits per heavy atom. The molecule has 0 saturated heterocycles. The van der Waals surface area contributed by atoms with E-state index in [0.717, 1.165) is 22.4 Å². The van der Waals surface area contributed by atoms with Crippen LogP contribution in [0, 0.1) is 25.2 Å². The van der Waals surface area contributed by atoms with E-state index in [9.17, 15) is 10.1 Å². The van der Waals surface area contributed by atoms with Gasteiger partial charge in [0.15, 0.2) is 0 Å². The second kappa shape index (κ2) is 7.81. The minimum absolute atomic E-state index is 0.0434. The Hall–Kier alpha value is -3.06. The summed E-state index contributed by atoms with van der Waals surface area (Å²) in [5.74, 6) is -0.394.